The highest BCUT2D eigenvalue weighted by Crippen LogP contribution is 2.42. The van der Waals surface area contributed by atoms with Crippen LogP contribution in [-0.4, -0.2) is 57.2 Å². The minimum absolute atomic E-state index is 0.0605. The first-order chi connectivity index (χ1) is 15.9. The average Bonchev–Trinajstić information content (AvgIpc) is 3.46. The van der Waals surface area contributed by atoms with Gasteiger partial charge in [-0.15, -0.1) is 0 Å². The summed E-state index contributed by atoms with van der Waals surface area (Å²) in [5.74, 6) is 1.77. The third kappa shape index (κ3) is 4.66. The zero-order valence-electron chi connectivity index (χ0n) is 19.3. The molecule has 2 aliphatic rings. The van der Waals surface area contributed by atoms with Crippen LogP contribution < -0.4 is 24.3 Å². The van der Waals surface area contributed by atoms with Gasteiger partial charge in [0, 0.05) is 5.56 Å². The van der Waals surface area contributed by atoms with Crippen molar-refractivity contribution < 1.29 is 28.5 Å². The minimum Gasteiger partial charge on any atom is -0.495 e. The molecule has 1 amide bonds. The van der Waals surface area contributed by atoms with Crippen LogP contribution in [0.2, 0.25) is 0 Å². The lowest BCUT2D eigenvalue weighted by molar-refractivity contribution is -0.119. The van der Waals surface area contributed by atoms with Gasteiger partial charge in [-0.05, 0) is 74.8 Å². The number of hydrogen-bond donors (Lipinski definition) is 1. The summed E-state index contributed by atoms with van der Waals surface area (Å²) in [5.41, 5.74) is 2.30. The number of likely N-dealkylation sites (N-methyl/N-ethyl adjacent to an activating group) is 1. The largest absolute Gasteiger partial charge is 0.495 e. The molecule has 0 aromatic heterocycles. The molecular weight excluding hydrogens is 424 g/mol. The van der Waals surface area contributed by atoms with E-state index in [4.69, 9.17) is 18.9 Å². The molecule has 174 valence electrons. The first-order valence-corrected chi connectivity index (χ1v) is 10.8. The molecule has 1 unspecified atom stereocenters. The van der Waals surface area contributed by atoms with Gasteiger partial charge < -0.3 is 24.3 Å². The monoisotopic (exact) mass is 452 g/mol. The van der Waals surface area contributed by atoms with Crippen LogP contribution in [0.4, 0.5) is 5.69 Å². The SMILES string of the molecule is COc1ccc(/C=C(\C)C(=O)c2cc(OC)c3c(c2)OCO3)cc1NC(=O)C1CCCN1C. The number of anilines is 1. The number of likely N-dealkylation sites (tertiary alicyclic amines) is 1. The van der Waals surface area contributed by atoms with Crippen LogP contribution in [0, 0.1) is 0 Å². The van der Waals surface area contributed by atoms with E-state index in [1.807, 2.05) is 24.1 Å². The van der Waals surface area contributed by atoms with Crippen molar-refractivity contribution >= 4 is 23.5 Å². The number of carbonyl (C=O) groups excluding carboxylic acids is 2. The van der Waals surface area contributed by atoms with Crippen molar-refractivity contribution in [2.75, 3.05) is 39.9 Å². The average molecular weight is 453 g/mol. The Labute approximate surface area is 193 Å². The van der Waals surface area contributed by atoms with Crippen LogP contribution in [0.1, 0.15) is 35.7 Å². The summed E-state index contributed by atoms with van der Waals surface area (Å²) in [4.78, 5) is 27.9. The molecule has 0 bridgehead atoms. The maximum absolute atomic E-state index is 13.1. The normalized spacial score (nSPS) is 17.7. The van der Waals surface area contributed by atoms with E-state index in [-0.39, 0.29) is 24.5 Å². The summed E-state index contributed by atoms with van der Waals surface area (Å²) in [6.07, 6.45) is 3.60. The van der Waals surface area contributed by atoms with Gasteiger partial charge in [-0.2, -0.15) is 0 Å². The Morgan fingerprint density at radius 2 is 1.91 bits per heavy atom. The van der Waals surface area contributed by atoms with Crippen molar-refractivity contribution in [2.45, 2.75) is 25.8 Å². The van der Waals surface area contributed by atoms with Crippen molar-refractivity contribution in [2.24, 2.45) is 0 Å². The third-order valence-corrected chi connectivity index (χ3v) is 5.97. The summed E-state index contributed by atoms with van der Waals surface area (Å²) in [6.45, 7) is 2.74. The molecule has 0 saturated carbocycles. The number of allylic oxidation sites excluding steroid dienone is 1. The summed E-state index contributed by atoms with van der Waals surface area (Å²) < 4.78 is 21.6. The Bertz CT molecular complexity index is 1110. The number of nitrogens with zero attached hydrogens (tertiary/aromatic N) is 1. The molecule has 1 atom stereocenters. The quantitative estimate of drug-likeness (QED) is 0.506. The highest BCUT2D eigenvalue weighted by atomic mass is 16.7. The Hall–Kier alpha value is -3.52. The molecule has 0 spiro atoms. The van der Waals surface area contributed by atoms with Crippen LogP contribution >= 0.6 is 0 Å². The van der Waals surface area contributed by atoms with Crippen LogP contribution in [-0.2, 0) is 4.79 Å². The van der Waals surface area contributed by atoms with Crippen LogP contribution in [0.3, 0.4) is 0 Å². The van der Waals surface area contributed by atoms with Crippen LogP contribution in [0.25, 0.3) is 6.08 Å². The van der Waals surface area contributed by atoms with E-state index >= 15 is 0 Å². The number of fused-ring (bicyclic) bond motifs is 1. The highest BCUT2D eigenvalue weighted by Gasteiger charge is 2.28. The standard InChI is InChI=1S/C25H28N2O6/c1-15(23(28)17-12-21(31-4)24-22(13-17)32-14-33-24)10-16-7-8-20(30-3)18(11-16)26-25(29)19-6-5-9-27(19)2/h7-8,10-13,19H,5-6,9,14H2,1-4H3,(H,26,29)/b15-10+. The van der Waals surface area contributed by atoms with Gasteiger partial charge in [0.15, 0.2) is 17.3 Å². The van der Waals surface area contributed by atoms with Crippen molar-refractivity contribution in [3.05, 3.63) is 47.0 Å². The molecule has 2 aromatic carbocycles. The number of hydrogen-bond acceptors (Lipinski definition) is 7. The number of methoxy groups -OCH3 is 2. The second-order valence-electron chi connectivity index (χ2n) is 8.16. The zero-order valence-corrected chi connectivity index (χ0v) is 19.3. The predicted octanol–water partition coefficient (Wildman–Crippen LogP) is 3.75. The number of Topliss-reactive ketones (excluding diaryl/α,β-unsaturated/α-hetero) is 1. The molecule has 2 heterocycles. The minimum atomic E-state index is -0.166. The second-order valence-corrected chi connectivity index (χ2v) is 8.16. The molecule has 8 nitrogen and oxygen atoms in total. The molecule has 0 radical (unpaired) electrons. The van der Waals surface area contributed by atoms with E-state index in [1.54, 1.807) is 38.3 Å². The predicted molar refractivity (Wildman–Crippen MR) is 124 cm³/mol. The lowest BCUT2D eigenvalue weighted by atomic mass is 10.0. The lowest BCUT2D eigenvalue weighted by Gasteiger charge is -2.19. The molecule has 1 saturated heterocycles. The Kier molecular flexibility index (Phi) is 6.55. The third-order valence-electron chi connectivity index (χ3n) is 5.97. The molecule has 2 aromatic rings. The van der Waals surface area contributed by atoms with Crippen molar-refractivity contribution in [3.63, 3.8) is 0 Å². The number of ether oxygens (including phenoxy) is 4. The first kappa shape index (κ1) is 22.7. The maximum Gasteiger partial charge on any atom is 0.241 e. The Morgan fingerprint density at radius 1 is 1.12 bits per heavy atom. The topological polar surface area (TPSA) is 86.3 Å². The number of ketones is 1. The Balaban J connectivity index is 1.57. The summed E-state index contributed by atoms with van der Waals surface area (Å²) >= 11 is 0. The lowest BCUT2D eigenvalue weighted by Crippen LogP contribution is -2.37. The van der Waals surface area contributed by atoms with Gasteiger partial charge in [0.05, 0.1) is 25.9 Å². The van der Waals surface area contributed by atoms with Crippen molar-refractivity contribution in [1.29, 1.82) is 0 Å². The van der Waals surface area contributed by atoms with E-state index in [2.05, 4.69) is 5.32 Å². The molecule has 8 heteroatoms. The molecule has 1 N–H and O–H groups in total. The highest BCUT2D eigenvalue weighted by molar-refractivity contribution is 6.11. The van der Waals surface area contributed by atoms with E-state index in [0.717, 1.165) is 24.9 Å². The van der Waals surface area contributed by atoms with Gasteiger partial charge in [-0.25, -0.2) is 0 Å². The van der Waals surface area contributed by atoms with Crippen LogP contribution in [0.5, 0.6) is 23.0 Å². The van der Waals surface area contributed by atoms with Crippen molar-refractivity contribution in [1.82, 2.24) is 4.90 Å². The zero-order chi connectivity index (χ0) is 23.5. The fourth-order valence-electron chi connectivity index (χ4n) is 4.17. The van der Waals surface area contributed by atoms with E-state index in [9.17, 15) is 9.59 Å². The van der Waals surface area contributed by atoms with Gasteiger partial charge in [0.25, 0.3) is 0 Å². The van der Waals surface area contributed by atoms with Crippen molar-refractivity contribution in [3.8, 4) is 23.0 Å². The smallest absolute Gasteiger partial charge is 0.241 e. The Morgan fingerprint density at radius 3 is 2.61 bits per heavy atom. The van der Waals surface area contributed by atoms with E-state index in [0.29, 0.717) is 39.8 Å². The number of rotatable bonds is 7. The second kappa shape index (κ2) is 9.54. The number of carbonyl (C=O) groups is 2. The number of benzene rings is 2. The first-order valence-electron chi connectivity index (χ1n) is 10.8. The van der Waals surface area contributed by atoms with Gasteiger partial charge in [0.1, 0.15) is 5.75 Å². The summed E-state index contributed by atoms with van der Waals surface area (Å²) in [7, 11) is 5.03. The molecule has 33 heavy (non-hydrogen) atoms. The molecular formula is C25H28N2O6. The van der Waals surface area contributed by atoms with Gasteiger partial charge in [-0.1, -0.05) is 6.07 Å². The number of nitrogens with one attached hydrogen (secondary N) is 1. The van der Waals surface area contributed by atoms with E-state index in [1.165, 1.54) is 7.11 Å². The summed E-state index contributed by atoms with van der Waals surface area (Å²) in [6, 6.07) is 8.57. The van der Waals surface area contributed by atoms with Crippen LogP contribution in [0.15, 0.2) is 35.9 Å². The fraction of sp³-hybridized carbons (Fsp3) is 0.360. The van der Waals surface area contributed by atoms with Gasteiger partial charge >= 0.3 is 0 Å². The van der Waals surface area contributed by atoms with Gasteiger partial charge in [0.2, 0.25) is 18.4 Å². The summed E-state index contributed by atoms with van der Waals surface area (Å²) in [5, 5.41) is 2.98. The molecule has 4 rings (SSSR count). The van der Waals surface area contributed by atoms with Gasteiger partial charge in [-0.3, -0.25) is 14.5 Å². The maximum atomic E-state index is 13.1. The fourth-order valence-corrected chi connectivity index (χ4v) is 4.17. The molecule has 0 aliphatic carbocycles. The number of amides is 1. The van der Waals surface area contributed by atoms with E-state index < -0.39 is 0 Å². The molecule has 2 aliphatic heterocycles. The molecule has 1 fully saturated rings.